The van der Waals surface area contributed by atoms with E-state index in [1.807, 2.05) is 0 Å². The SMILES string of the molecule is CCCC1(c2nc(Br)ns2)CC1. The lowest BCUT2D eigenvalue weighted by Crippen LogP contribution is -2.04. The Morgan fingerprint density at radius 1 is 1.58 bits per heavy atom. The van der Waals surface area contributed by atoms with E-state index in [2.05, 4.69) is 32.2 Å². The van der Waals surface area contributed by atoms with Crippen molar-refractivity contribution in [2.75, 3.05) is 0 Å². The van der Waals surface area contributed by atoms with Crippen LogP contribution in [0.1, 0.15) is 37.6 Å². The summed E-state index contributed by atoms with van der Waals surface area (Å²) in [6.07, 6.45) is 5.14. The van der Waals surface area contributed by atoms with Crippen LogP contribution in [0.15, 0.2) is 4.73 Å². The van der Waals surface area contributed by atoms with Gasteiger partial charge in [-0.25, -0.2) is 4.98 Å². The van der Waals surface area contributed by atoms with Gasteiger partial charge in [0.25, 0.3) is 0 Å². The van der Waals surface area contributed by atoms with Gasteiger partial charge in [-0.3, -0.25) is 0 Å². The molecule has 0 unspecified atom stereocenters. The van der Waals surface area contributed by atoms with Crippen LogP contribution in [0.25, 0.3) is 0 Å². The van der Waals surface area contributed by atoms with Crippen molar-refractivity contribution in [3.05, 3.63) is 9.74 Å². The lowest BCUT2D eigenvalue weighted by Gasteiger charge is -2.07. The van der Waals surface area contributed by atoms with Crippen LogP contribution in [-0.4, -0.2) is 9.36 Å². The lowest BCUT2D eigenvalue weighted by molar-refractivity contribution is 0.602. The zero-order valence-electron chi connectivity index (χ0n) is 7.01. The number of halogens is 1. The Kier molecular flexibility index (Phi) is 2.21. The standard InChI is InChI=1S/C8H11BrN2S/c1-2-3-8(4-5-8)6-10-7(9)11-12-6/h2-5H2,1H3. The Morgan fingerprint density at radius 2 is 2.33 bits per heavy atom. The molecule has 0 saturated heterocycles. The first-order chi connectivity index (χ1) is 5.77. The molecule has 0 radical (unpaired) electrons. The van der Waals surface area contributed by atoms with E-state index in [9.17, 15) is 0 Å². The number of rotatable bonds is 3. The third-order valence-electron chi connectivity index (χ3n) is 2.44. The van der Waals surface area contributed by atoms with Crippen molar-refractivity contribution < 1.29 is 0 Å². The molecule has 1 heterocycles. The molecule has 0 atom stereocenters. The van der Waals surface area contributed by atoms with Crippen LogP contribution in [0.3, 0.4) is 0 Å². The van der Waals surface area contributed by atoms with Crippen LogP contribution in [-0.2, 0) is 5.41 Å². The van der Waals surface area contributed by atoms with Crippen molar-refractivity contribution in [3.8, 4) is 0 Å². The van der Waals surface area contributed by atoms with Gasteiger partial charge in [-0.15, -0.1) is 0 Å². The molecule has 1 aliphatic rings. The van der Waals surface area contributed by atoms with E-state index in [1.54, 1.807) is 11.5 Å². The molecule has 4 heteroatoms. The number of nitrogens with zero attached hydrogens (tertiary/aromatic N) is 2. The van der Waals surface area contributed by atoms with Crippen molar-refractivity contribution in [1.29, 1.82) is 0 Å². The van der Waals surface area contributed by atoms with Gasteiger partial charge in [0.15, 0.2) is 0 Å². The number of hydrogen-bond donors (Lipinski definition) is 0. The highest BCUT2D eigenvalue weighted by atomic mass is 79.9. The summed E-state index contributed by atoms with van der Waals surface area (Å²) in [4.78, 5) is 4.39. The second-order valence-corrected chi connectivity index (χ2v) is 4.86. The number of hydrogen-bond acceptors (Lipinski definition) is 3. The van der Waals surface area contributed by atoms with E-state index in [4.69, 9.17) is 0 Å². The molecule has 2 rings (SSSR count). The van der Waals surface area contributed by atoms with Crippen LogP contribution >= 0.6 is 27.5 Å². The highest BCUT2D eigenvalue weighted by Gasteiger charge is 2.46. The van der Waals surface area contributed by atoms with Crippen molar-refractivity contribution in [3.63, 3.8) is 0 Å². The van der Waals surface area contributed by atoms with Crippen LogP contribution in [0.5, 0.6) is 0 Å². The predicted molar refractivity (Wildman–Crippen MR) is 53.4 cm³/mol. The minimum atomic E-state index is 0.429. The van der Waals surface area contributed by atoms with Gasteiger partial charge in [-0.05, 0) is 46.7 Å². The van der Waals surface area contributed by atoms with Crippen molar-refractivity contribution in [2.24, 2.45) is 0 Å². The van der Waals surface area contributed by atoms with E-state index in [-0.39, 0.29) is 0 Å². The van der Waals surface area contributed by atoms with Gasteiger partial charge in [-0.1, -0.05) is 13.3 Å². The summed E-state index contributed by atoms with van der Waals surface area (Å²) in [7, 11) is 0. The van der Waals surface area contributed by atoms with E-state index in [0.717, 1.165) is 4.73 Å². The van der Waals surface area contributed by atoms with Gasteiger partial charge in [0.05, 0.1) is 0 Å². The summed E-state index contributed by atoms with van der Waals surface area (Å²) >= 11 is 4.84. The van der Waals surface area contributed by atoms with Gasteiger partial charge in [0, 0.05) is 5.41 Å². The van der Waals surface area contributed by atoms with Crippen molar-refractivity contribution in [1.82, 2.24) is 9.36 Å². The second-order valence-electron chi connectivity index (χ2n) is 3.40. The topological polar surface area (TPSA) is 25.8 Å². The molecule has 0 aliphatic heterocycles. The van der Waals surface area contributed by atoms with Crippen molar-refractivity contribution in [2.45, 2.75) is 38.0 Å². The third-order valence-corrected chi connectivity index (χ3v) is 3.99. The Morgan fingerprint density at radius 3 is 2.75 bits per heavy atom. The molecule has 2 nitrogen and oxygen atoms in total. The van der Waals surface area contributed by atoms with Gasteiger partial charge in [-0.2, -0.15) is 4.37 Å². The monoisotopic (exact) mass is 246 g/mol. The minimum Gasteiger partial charge on any atom is -0.213 e. The lowest BCUT2D eigenvalue weighted by atomic mass is 10.0. The molecule has 0 N–H and O–H groups in total. The molecular formula is C8H11BrN2S. The summed E-state index contributed by atoms with van der Waals surface area (Å²) in [5.74, 6) is 0. The van der Waals surface area contributed by atoms with Gasteiger partial charge < -0.3 is 0 Å². The fourth-order valence-corrected chi connectivity index (χ4v) is 2.96. The number of aromatic nitrogens is 2. The molecule has 0 aromatic carbocycles. The zero-order valence-corrected chi connectivity index (χ0v) is 9.41. The fraction of sp³-hybridized carbons (Fsp3) is 0.750. The molecule has 1 aliphatic carbocycles. The summed E-state index contributed by atoms with van der Waals surface area (Å²) in [6.45, 7) is 2.23. The first-order valence-electron chi connectivity index (χ1n) is 4.26. The van der Waals surface area contributed by atoms with Crippen LogP contribution in [0.2, 0.25) is 0 Å². The Hall–Kier alpha value is 0.0400. The maximum Gasteiger partial charge on any atom is 0.209 e. The molecule has 12 heavy (non-hydrogen) atoms. The van der Waals surface area contributed by atoms with E-state index in [1.165, 1.54) is 30.7 Å². The predicted octanol–water partition coefficient (Wildman–Crippen LogP) is 3.13. The van der Waals surface area contributed by atoms with Crippen LogP contribution in [0.4, 0.5) is 0 Å². The molecule has 1 aromatic rings. The largest absolute Gasteiger partial charge is 0.213 e. The highest BCUT2D eigenvalue weighted by molar-refractivity contribution is 9.10. The summed E-state index contributed by atoms with van der Waals surface area (Å²) in [6, 6.07) is 0. The molecule has 0 amide bonds. The third kappa shape index (κ3) is 1.42. The molecule has 0 bridgehead atoms. The van der Waals surface area contributed by atoms with Crippen molar-refractivity contribution >= 4 is 27.5 Å². The highest BCUT2D eigenvalue weighted by Crippen LogP contribution is 2.52. The maximum atomic E-state index is 4.39. The molecular weight excluding hydrogens is 236 g/mol. The smallest absolute Gasteiger partial charge is 0.209 e. The maximum absolute atomic E-state index is 4.39. The zero-order chi connectivity index (χ0) is 8.60. The molecule has 66 valence electrons. The quantitative estimate of drug-likeness (QED) is 0.820. The molecule has 1 aromatic heterocycles. The summed E-state index contributed by atoms with van der Waals surface area (Å²) in [5.41, 5.74) is 0.429. The molecule has 1 fully saturated rings. The van der Waals surface area contributed by atoms with Gasteiger partial charge in [0.1, 0.15) is 5.01 Å². The summed E-state index contributed by atoms with van der Waals surface area (Å²) < 4.78 is 4.91. The normalized spacial score (nSPS) is 19.5. The second kappa shape index (κ2) is 3.07. The first kappa shape index (κ1) is 8.63. The van der Waals surface area contributed by atoms with Gasteiger partial charge in [0.2, 0.25) is 4.73 Å². The average molecular weight is 247 g/mol. The Balaban J connectivity index is 2.18. The average Bonchev–Trinajstić information content (AvgIpc) is 2.69. The van der Waals surface area contributed by atoms with E-state index in [0.29, 0.717) is 5.41 Å². The molecule has 1 saturated carbocycles. The van der Waals surface area contributed by atoms with Crippen LogP contribution < -0.4 is 0 Å². The fourth-order valence-electron chi connectivity index (χ4n) is 1.62. The molecule has 0 spiro atoms. The minimum absolute atomic E-state index is 0.429. The summed E-state index contributed by atoms with van der Waals surface area (Å²) in [5, 5.41) is 1.23. The van der Waals surface area contributed by atoms with E-state index >= 15 is 0 Å². The van der Waals surface area contributed by atoms with E-state index < -0.39 is 0 Å². The Bertz CT molecular complexity index is 280. The van der Waals surface area contributed by atoms with Crippen LogP contribution in [0, 0.1) is 0 Å². The Labute approximate surface area is 84.7 Å². The first-order valence-corrected chi connectivity index (χ1v) is 5.83. The van der Waals surface area contributed by atoms with Gasteiger partial charge >= 0.3 is 0 Å².